The number of nitrogens with one attached hydrogen (secondary N) is 1. The number of aryl methyl sites for hydroxylation is 2. The minimum atomic E-state index is -3.73. The van der Waals surface area contributed by atoms with Crippen molar-refractivity contribution in [1.29, 1.82) is 0 Å². The maximum atomic E-state index is 12.4. The summed E-state index contributed by atoms with van der Waals surface area (Å²) in [6.45, 7) is 7.88. The van der Waals surface area contributed by atoms with Crippen molar-refractivity contribution in [3.05, 3.63) is 28.3 Å². The summed E-state index contributed by atoms with van der Waals surface area (Å²) in [5.74, 6) is 0. The van der Waals surface area contributed by atoms with E-state index in [1.807, 2.05) is 19.9 Å². The molecule has 1 rings (SSSR count). The molecule has 6 heteroatoms. The van der Waals surface area contributed by atoms with Crippen LogP contribution in [-0.4, -0.2) is 37.4 Å². The predicted octanol–water partition coefficient (Wildman–Crippen LogP) is 0.942. The molecule has 0 amide bonds. The molecule has 0 saturated heterocycles. The molecule has 20 heavy (non-hydrogen) atoms. The van der Waals surface area contributed by atoms with Crippen molar-refractivity contribution < 1.29 is 18.6 Å². The molecule has 0 spiro atoms. The maximum absolute atomic E-state index is 12.4. The number of aliphatic hydroxyl groups excluding tert-OH is 1. The lowest BCUT2D eigenvalue weighted by atomic mass is 10.0. The van der Waals surface area contributed by atoms with Gasteiger partial charge in [0, 0.05) is 6.54 Å². The van der Waals surface area contributed by atoms with Gasteiger partial charge in [0.2, 0.25) is 10.0 Å². The summed E-state index contributed by atoms with van der Waals surface area (Å²) in [5, 5.41) is 18.7. The lowest BCUT2D eigenvalue weighted by Crippen LogP contribution is -2.43. The summed E-state index contributed by atoms with van der Waals surface area (Å²) < 4.78 is 27.2. The van der Waals surface area contributed by atoms with Crippen molar-refractivity contribution in [3.8, 4) is 0 Å². The largest absolute Gasteiger partial charge is 0.393 e. The summed E-state index contributed by atoms with van der Waals surface area (Å²) in [6, 6.07) is 1.95. The highest BCUT2D eigenvalue weighted by Crippen LogP contribution is 2.26. The molecule has 0 aromatic heterocycles. The van der Waals surface area contributed by atoms with Crippen LogP contribution in [0.15, 0.2) is 11.0 Å². The van der Waals surface area contributed by atoms with Gasteiger partial charge in [0.1, 0.15) is 0 Å². The van der Waals surface area contributed by atoms with E-state index in [2.05, 4.69) is 4.72 Å². The van der Waals surface area contributed by atoms with Crippen molar-refractivity contribution in [1.82, 2.24) is 4.72 Å². The molecule has 0 fully saturated rings. The molecule has 114 valence electrons. The quantitative estimate of drug-likeness (QED) is 0.755. The standard InChI is InChI=1S/C14H23NO4S/c1-9-6-10(2)12(4)13(11(9)3)20(18,19)15-7-14(5,17)8-16/h6,15-17H,7-8H2,1-5H3. The number of aliphatic hydroxyl groups is 2. The van der Waals surface area contributed by atoms with Crippen LogP contribution in [0.5, 0.6) is 0 Å². The fraction of sp³-hybridized carbons (Fsp3) is 0.571. The SMILES string of the molecule is Cc1cc(C)c(C)c(S(=O)(=O)NCC(C)(O)CO)c1C. The molecule has 1 atom stereocenters. The summed E-state index contributed by atoms with van der Waals surface area (Å²) >= 11 is 0. The third kappa shape index (κ3) is 3.58. The summed E-state index contributed by atoms with van der Waals surface area (Å²) in [6.07, 6.45) is 0. The van der Waals surface area contributed by atoms with Crippen LogP contribution in [0.2, 0.25) is 0 Å². The van der Waals surface area contributed by atoms with Crippen molar-refractivity contribution in [2.45, 2.75) is 45.1 Å². The highest BCUT2D eigenvalue weighted by atomic mass is 32.2. The molecule has 1 unspecified atom stereocenters. The second kappa shape index (κ2) is 5.81. The molecule has 0 bridgehead atoms. The van der Waals surface area contributed by atoms with Gasteiger partial charge in [-0.1, -0.05) is 6.07 Å². The van der Waals surface area contributed by atoms with Crippen molar-refractivity contribution >= 4 is 10.0 Å². The van der Waals surface area contributed by atoms with Gasteiger partial charge in [-0.2, -0.15) is 0 Å². The fourth-order valence-electron chi connectivity index (χ4n) is 1.96. The van der Waals surface area contributed by atoms with Gasteiger partial charge >= 0.3 is 0 Å². The zero-order valence-electron chi connectivity index (χ0n) is 12.6. The Morgan fingerprint density at radius 2 is 1.60 bits per heavy atom. The average Bonchev–Trinajstić information content (AvgIpc) is 2.34. The number of rotatable bonds is 5. The molecule has 0 saturated carbocycles. The van der Waals surface area contributed by atoms with E-state index in [0.717, 1.165) is 11.1 Å². The monoisotopic (exact) mass is 301 g/mol. The molecule has 0 aliphatic carbocycles. The van der Waals surface area contributed by atoms with Crippen molar-refractivity contribution in [2.24, 2.45) is 0 Å². The van der Waals surface area contributed by atoms with E-state index >= 15 is 0 Å². The van der Waals surface area contributed by atoms with Gasteiger partial charge < -0.3 is 10.2 Å². The number of hydrogen-bond acceptors (Lipinski definition) is 4. The van der Waals surface area contributed by atoms with Gasteiger partial charge in [-0.05, 0) is 56.9 Å². The Balaban J connectivity index is 3.24. The molecule has 0 aliphatic heterocycles. The van der Waals surface area contributed by atoms with Crippen LogP contribution in [0, 0.1) is 27.7 Å². The highest BCUT2D eigenvalue weighted by Gasteiger charge is 2.26. The van der Waals surface area contributed by atoms with Gasteiger partial charge in [0.25, 0.3) is 0 Å². The first-order chi connectivity index (χ1) is 9.02. The molecule has 0 radical (unpaired) electrons. The van der Waals surface area contributed by atoms with Gasteiger partial charge in [0.05, 0.1) is 17.1 Å². The minimum absolute atomic E-state index is 0.238. The summed E-state index contributed by atoms with van der Waals surface area (Å²) in [5.41, 5.74) is 1.73. The summed E-state index contributed by atoms with van der Waals surface area (Å²) in [7, 11) is -3.73. The van der Waals surface area contributed by atoms with E-state index < -0.39 is 22.2 Å². The predicted molar refractivity (Wildman–Crippen MR) is 78.3 cm³/mol. The molecule has 5 nitrogen and oxygen atoms in total. The van der Waals surface area contributed by atoms with E-state index in [-0.39, 0.29) is 11.4 Å². The van der Waals surface area contributed by atoms with Crippen molar-refractivity contribution in [3.63, 3.8) is 0 Å². The Morgan fingerprint density at radius 1 is 1.15 bits per heavy atom. The second-order valence-electron chi connectivity index (χ2n) is 5.57. The average molecular weight is 301 g/mol. The van der Waals surface area contributed by atoms with Gasteiger partial charge in [-0.3, -0.25) is 0 Å². The molecule has 3 N–H and O–H groups in total. The topological polar surface area (TPSA) is 86.6 Å². The van der Waals surface area contributed by atoms with Gasteiger partial charge in [0.15, 0.2) is 0 Å². The molecular weight excluding hydrogens is 278 g/mol. The smallest absolute Gasteiger partial charge is 0.241 e. The van der Waals surface area contributed by atoms with E-state index in [4.69, 9.17) is 5.11 Å². The maximum Gasteiger partial charge on any atom is 0.241 e. The molecular formula is C14H23NO4S. The normalized spacial score (nSPS) is 15.2. The molecule has 0 aliphatic rings. The highest BCUT2D eigenvalue weighted by molar-refractivity contribution is 7.89. The third-order valence-corrected chi connectivity index (χ3v) is 5.22. The first-order valence-electron chi connectivity index (χ1n) is 6.42. The Kier molecular flexibility index (Phi) is 4.97. The Labute approximate surface area is 120 Å². The lowest BCUT2D eigenvalue weighted by molar-refractivity contribution is 0.00681. The van der Waals surface area contributed by atoms with Crippen LogP contribution in [0.1, 0.15) is 29.2 Å². The first kappa shape index (κ1) is 17.1. The molecule has 1 aromatic carbocycles. The number of sulfonamides is 1. The van der Waals surface area contributed by atoms with E-state index in [1.54, 1.807) is 13.8 Å². The zero-order chi connectivity index (χ0) is 15.7. The lowest BCUT2D eigenvalue weighted by Gasteiger charge is -2.22. The van der Waals surface area contributed by atoms with Crippen LogP contribution in [0.25, 0.3) is 0 Å². The zero-order valence-corrected chi connectivity index (χ0v) is 13.4. The van der Waals surface area contributed by atoms with Gasteiger partial charge in [-0.15, -0.1) is 0 Å². The van der Waals surface area contributed by atoms with Crippen LogP contribution in [0.3, 0.4) is 0 Å². The Bertz CT molecular complexity index is 580. The van der Waals surface area contributed by atoms with Crippen LogP contribution >= 0.6 is 0 Å². The Hall–Kier alpha value is -0.950. The number of hydrogen-bond donors (Lipinski definition) is 3. The second-order valence-corrected chi connectivity index (χ2v) is 7.27. The van der Waals surface area contributed by atoms with E-state index in [9.17, 15) is 13.5 Å². The van der Waals surface area contributed by atoms with E-state index in [1.165, 1.54) is 6.92 Å². The van der Waals surface area contributed by atoms with Gasteiger partial charge in [-0.25, -0.2) is 13.1 Å². The minimum Gasteiger partial charge on any atom is -0.393 e. The van der Waals surface area contributed by atoms with Crippen LogP contribution in [0.4, 0.5) is 0 Å². The summed E-state index contributed by atoms with van der Waals surface area (Å²) in [4.78, 5) is 0.253. The van der Waals surface area contributed by atoms with Crippen LogP contribution < -0.4 is 4.72 Å². The number of benzene rings is 1. The van der Waals surface area contributed by atoms with Crippen LogP contribution in [-0.2, 0) is 10.0 Å². The Morgan fingerprint density at radius 3 is 2.00 bits per heavy atom. The van der Waals surface area contributed by atoms with Crippen molar-refractivity contribution in [2.75, 3.05) is 13.2 Å². The third-order valence-electron chi connectivity index (χ3n) is 3.55. The first-order valence-corrected chi connectivity index (χ1v) is 7.90. The molecule has 0 heterocycles. The fourth-order valence-corrected chi connectivity index (χ4v) is 3.74. The molecule has 1 aromatic rings. The van der Waals surface area contributed by atoms with E-state index in [0.29, 0.717) is 11.1 Å².